The molecular formula is C17H21F2IN4S. The van der Waals surface area contributed by atoms with Gasteiger partial charge in [-0.2, -0.15) is 0 Å². The molecule has 0 aliphatic carbocycles. The van der Waals surface area contributed by atoms with E-state index in [1.165, 1.54) is 17.7 Å². The van der Waals surface area contributed by atoms with E-state index in [-0.39, 0.29) is 41.7 Å². The molecule has 1 aliphatic heterocycles. The number of anilines is 1. The highest BCUT2D eigenvalue weighted by Crippen LogP contribution is 2.28. The van der Waals surface area contributed by atoms with E-state index in [1.807, 2.05) is 11.4 Å². The first-order chi connectivity index (χ1) is 11.6. The molecule has 4 nitrogen and oxygen atoms in total. The number of nitrogens with zero attached hydrogens (tertiary/aromatic N) is 2. The third-order valence-electron chi connectivity index (χ3n) is 4.08. The number of thiophene rings is 1. The first kappa shape index (κ1) is 20.1. The average Bonchev–Trinajstić information content (AvgIpc) is 3.25. The van der Waals surface area contributed by atoms with Crippen molar-refractivity contribution in [1.29, 1.82) is 0 Å². The molecule has 8 heteroatoms. The summed E-state index contributed by atoms with van der Waals surface area (Å²) in [6, 6.07) is 7.48. The van der Waals surface area contributed by atoms with Gasteiger partial charge in [-0.1, -0.05) is 6.07 Å². The van der Waals surface area contributed by atoms with Crippen molar-refractivity contribution in [2.45, 2.75) is 18.9 Å². The fourth-order valence-corrected chi connectivity index (χ4v) is 3.73. The molecule has 1 aromatic carbocycles. The summed E-state index contributed by atoms with van der Waals surface area (Å²) in [5.41, 5.74) is 5.85. The van der Waals surface area contributed by atoms with E-state index in [0.717, 1.165) is 31.3 Å². The van der Waals surface area contributed by atoms with Crippen molar-refractivity contribution in [3.8, 4) is 0 Å². The second kappa shape index (κ2) is 9.44. The van der Waals surface area contributed by atoms with Gasteiger partial charge < -0.3 is 11.1 Å². The highest BCUT2D eigenvalue weighted by Gasteiger charge is 2.24. The molecule has 1 saturated heterocycles. The molecule has 1 atom stereocenters. The van der Waals surface area contributed by atoms with Gasteiger partial charge in [0.15, 0.2) is 5.96 Å². The lowest BCUT2D eigenvalue weighted by molar-refractivity contribution is 0.255. The summed E-state index contributed by atoms with van der Waals surface area (Å²) >= 11 is 1.70. The van der Waals surface area contributed by atoms with Crippen LogP contribution in [0.4, 0.5) is 14.5 Å². The van der Waals surface area contributed by atoms with Crippen LogP contribution in [0.25, 0.3) is 0 Å². The zero-order chi connectivity index (χ0) is 16.9. The first-order valence-electron chi connectivity index (χ1n) is 7.93. The Bertz CT molecular complexity index is 703. The number of benzene rings is 1. The van der Waals surface area contributed by atoms with Crippen LogP contribution in [0, 0.1) is 11.6 Å². The van der Waals surface area contributed by atoms with Crippen LogP contribution < -0.4 is 11.1 Å². The Kier molecular flexibility index (Phi) is 7.57. The van der Waals surface area contributed by atoms with Gasteiger partial charge in [0, 0.05) is 10.9 Å². The largest absolute Gasteiger partial charge is 0.370 e. The third-order valence-corrected chi connectivity index (χ3v) is 5.05. The van der Waals surface area contributed by atoms with Gasteiger partial charge in [-0.05, 0) is 49.5 Å². The molecule has 25 heavy (non-hydrogen) atoms. The summed E-state index contributed by atoms with van der Waals surface area (Å²) in [5, 5.41) is 4.69. The van der Waals surface area contributed by atoms with E-state index in [9.17, 15) is 8.78 Å². The molecule has 3 rings (SSSR count). The van der Waals surface area contributed by atoms with Crippen molar-refractivity contribution in [2.24, 2.45) is 10.7 Å². The molecule has 1 aromatic heterocycles. The van der Waals surface area contributed by atoms with Crippen molar-refractivity contribution < 1.29 is 8.78 Å². The molecule has 0 amide bonds. The number of guanidine groups is 1. The van der Waals surface area contributed by atoms with Gasteiger partial charge in [0.2, 0.25) is 0 Å². The number of hydrogen-bond donors (Lipinski definition) is 2. The van der Waals surface area contributed by atoms with Gasteiger partial charge in [0.1, 0.15) is 11.6 Å². The topological polar surface area (TPSA) is 53.6 Å². The molecule has 136 valence electrons. The minimum Gasteiger partial charge on any atom is -0.370 e. The van der Waals surface area contributed by atoms with E-state index >= 15 is 0 Å². The van der Waals surface area contributed by atoms with E-state index in [2.05, 4.69) is 21.3 Å². The smallest absolute Gasteiger partial charge is 0.193 e. The summed E-state index contributed by atoms with van der Waals surface area (Å²) in [6.07, 6.45) is 2.38. The van der Waals surface area contributed by atoms with Crippen molar-refractivity contribution in [3.05, 3.63) is 52.2 Å². The summed E-state index contributed by atoms with van der Waals surface area (Å²) in [7, 11) is 0. The molecule has 3 N–H and O–H groups in total. The molecule has 2 heterocycles. The number of rotatable bonds is 5. The van der Waals surface area contributed by atoms with Gasteiger partial charge in [0.25, 0.3) is 0 Å². The van der Waals surface area contributed by atoms with E-state index < -0.39 is 11.6 Å². The molecule has 1 fully saturated rings. The average molecular weight is 478 g/mol. The van der Waals surface area contributed by atoms with Crippen LogP contribution in [0.2, 0.25) is 0 Å². The number of nitrogens with one attached hydrogen (secondary N) is 1. The SMILES string of the molecule is I.NC(=NCC(c1cccs1)N1CCCC1)Nc1cc(F)ccc1F. The van der Waals surface area contributed by atoms with Gasteiger partial charge in [0.05, 0.1) is 18.3 Å². The monoisotopic (exact) mass is 478 g/mol. The fraction of sp³-hybridized carbons (Fsp3) is 0.353. The van der Waals surface area contributed by atoms with E-state index in [4.69, 9.17) is 5.73 Å². The lowest BCUT2D eigenvalue weighted by atomic mass is 10.2. The Morgan fingerprint density at radius 3 is 2.72 bits per heavy atom. The summed E-state index contributed by atoms with van der Waals surface area (Å²) in [6.45, 7) is 2.57. The highest BCUT2D eigenvalue weighted by atomic mass is 127. The van der Waals surface area contributed by atoms with Crippen molar-refractivity contribution in [3.63, 3.8) is 0 Å². The molecule has 1 unspecified atom stereocenters. The molecule has 0 spiro atoms. The summed E-state index contributed by atoms with van der Waals surface area (Å²) < 4.78 is 26.9. The highest BCUT2D eigenvalue weighted by molar-refractivity contribution is 14.0. The summed E-state index contributed by atoms with van der Waals surface area (Å²) in [4.78, 5) is 7.99. The van der Waals surface area contributed by atoms with Crippen LogP contribution in [0.5, 0.6) is 0 Å². The number of halogens is 3. The molecule has 1 aliphatic rings. The predicted octanol–water partition coefficient (Wildman–Crippen LogP) is 4.21. The van der Waals surface area contributed by atoms with Gasteiger partial charge in [-0.3, -0.25) is 9.89 Å². The lowest BCUT2D eigenvalue weighted by Gasteiger charge is -2.25. The maximum Gasteiger partial charge on any atom is 0.193 e. The third kappa shape index (κ3) is 5.35. The fourth-order valence-electron chi connectivity index (χ4n) is 2.88. The number of hydrogen-bond acceptors (Lipinski definition) is 3. The second-order valence-corrected chi connectivity index (χ2v) is 6.73. The van der Waals surface area contributed by atoms with Crippen molar-refractivity contribution in [1.82, 2.24) is 4.90 Å². The standard InChI is InChI=1S/C17H20F2N4S.HI/c18-12-5-6-13(19)14(10-12)22-17(20)21-11-15(16-4-3-9-24-16)23-7-1-2-8-23;/h3-6,9-10,15H,1-2,7-8,11H2,(H3,20,21,22);1H. The molecular weight excluding hydrogens is 457 g/mol. The lowest BCUT2D eigenvalue weighted by Crippen LogP contribution is -2.29. The van der Waals surface area contributed by atoms with Gasteiger partial charge in [-0.25, -0.2) is 8.78 Å². The Morgan fingerprint density at radius 1 is 1.28 bits per heavy atom. The van der Waals surface area contributed by atoms with Crippen LogP contribution in [-0.4, -0.2) is 30.5 Å². The van der Waals surface area contributed by atoms with Crippen LogP contribution in [-0.2, 0) is 0 Å². The zero-order valence-corrected chi connectivity index (χ0v) is 16.8. The number of nitrogens with two attached hydrogens (primary N) is 1. The minimum absolute atomic E-state index is 0. The number of aliphatic imine (C=N–C) groups is 1. The Hall–Kier alpha value is -1.26. The Balaban J connectivity index is 0.00000225. The first-order valence-corrected chi connectivity index (χ1v) is 8.81. The molecule has 0 radical (unpaired) electrons. The second-order valence-electron chi connectivity index (χ2n) is 5.75. The van der Waals surface area contributed by atoms with Crippen LogP contribution in [0.15, 0.2) is 40.7 Å². The zero-order valence-electron chi connectivity index (χ0n) is 13.6. The summed E-state index contributed by atoms with van der Waals surface area (Å²) in [5.74, 6) is -1.01. The Morgan fingerprint density at radius 2 is 2.04 bits per heavy atom. The van der Waals surface area contributed by atoms with Crippen molar-refractivity contribution >= 4 is 47.0 Å². The molecule has 0 saturated carbocycles. The van der Waals surface area contributed by atoms with Crippen LogP contribution >= 0.6 is 35.3 Å². The van der Waals surface area contributed by atoms with Crippen LogP contribution in [0.1, 0.15) is 23.8 Å². The van der Waals surface area contributed by atoms with Gasteiger partial charge >= 0.3 is 0 Å². The number of likely N-dealkylation sites (tertiary alicyclic amines) is 1. The minimum atomic E-state index is -0.566. The van der Waals surface area contributed by atoms with Crippen LogP contribution in [0.3, 0.4) is 0 Å². The maximum atomic E-state index is 13.7. The van der Waals surface area contributed by atoms with E-state index in [1.54, 1.807) is 11.3 Å². The quantitative estimate of drug-likeness (QED) is 0.385. The maximum absolute atomic E-state index is 13.7. The Labute approximate surface area is 167 Å². The van der Waals surface area contributed by atoms with E-state index in [0.29, 0.717) is 6.54 Å². The predicted molar refractivity (Wildman–Crippen MR) is 110 cm³/mol. The molecule has 0 bridgehead atoms. The van der Waals surface area contributed by atoms with Crippen molar-refractivity contribution in [2.75, 3.05) is 25.0 Å². The molecule has 2 aromatic rings. The normalized spacial score (nSPS) is 16.5. The van der Waals surface area contributed by atoms with Gasteiger partial charge in [-0.15, -0.1) is 35.3 Å².